The molecule has 0 saturated carbocycles. The summed E-state index contributed by atoms with van der Waals surface area (Å²) in [5, 5.41) is 3.14. The summed E-state index contributed by atoms with van der Waals surface area (Å²) < 4.78 is 4.57. The van der Waals surface area contributed by atoms with Gasteiger partial charge in [0.25, 0.3) is 0 Å². The van der Waals surface area contributed by atoms with Crippen LogP contribution in [-0.2, 0) is 16.1 Å². The van der Waals surface area contributed by atoms with E-state index < -0.39 is 0 Å². The van der Waals surface area contributed by atoms with E-state index >= 15 is 0 Å². The quantitative estimate of drug-likeness (QED) is 0.568. The zero-order chi connectivity index (χ0) is 13.9. The van der Waals surface area contributed by atoms with Gasteiger partial charge in [0.15, 0.2) is 0 Å². The third-order valence-corrected chi connectivity index (χ3v) is 2.75. The fourth-order valence-corrected chi connectivity index (χ4v) is 1.71. The molecule has 0 radical (unpaired) electrons. The minimum absolute atomic E-state index is 0.312. The molecule has 0 heterocycles. The first-order valence-corrected chi connectivity index (χ1v) is 6.41. The van der Waals surface area contributed by atoms with Crippen molar-refractivity contribution in [2.24, 2.45) is 0 Å². The van der Waals surface area contributed by atoms with Crippen LogP contribution in [0, 0.1) is 0 Å². The van der Waals surface area contributed by atoms with Gasteiger partial charge in [-0.05, 0) is 12.6 Å². The molecule has 0 bridgehead atoms. The number of hydrogen-bond acceptors (Lipinski definition) is 4. The van der Waals surface area contributed by atoms with Gasteiger partial charge in [0, 0.05) is 32.3 Å². The molecule has 0 spiro atoms. The highest BCUT2D eigenvalue weighted by molar-refractivity contribution is 5.81. The molecule has 1 aromatic carbocycles. The van der Waals surface area contributed by atoms with Gasteiger partial charge in [0.05, 0.1) is 7.11 Å². The summed E-state index contributed by atoms with van der Waals surface area (Å²) >= 11 is 0. The van der Waals surface area contributed by atoms with E-state index in [1.54, 1.807) is 0 Å². The van der Waals surface area contributed by atoms with Crippen LogP contribution in [0.15, 0.2) is 42.5 Å². The smallest absolute Gasteiger partial charge is 0.330 e. The maximum atomic E-state index is 11.0. The molecular formula is C15H22N2O2. The van der Waals surface area contributed by atoms with E-state index in [1.807, 2.05) is 31.3 Å². The molecule has 0 fully saturated rings. The molecule has 0 atom stereocenters. The van der Waals surface area contributed by atoms with Crippen LogP contribution >= 0.6 is 0 Å². The van der Waals surface area contributed by atoms with Gasteiger partial charge >= 0.3 is 5.97 Å². The SMILES string of the molecule is CNCCN(CC=CC(=O)OC)Cc1ccccc1. The molecule has 104 valence electrons. The molecule has 4 heteroatoms. The first kappa shape index (κ1) is 15.4. The molecule has 1 aromatic rings. The number of nitrogens with one attached hydrogen (secondary N) is 1. The Morgan fingerprint density at radius 2 is 2.11 bits per heavy atom. The molecule has 1 rings (SSSR count). The molecule has 0 aliphatic rings. The molecule has 0 amide bonds. The zero-order valence-corrected chi connectivity index (χ0v) is 11.6. The lowest BCUT2D eigenvalue weighted by molar-refractivity contribution is -0.134. The monoisotopic (exact) mass is 262 g/mol. The van der Waals surface area contributed by atoms with Crippen molar-refractivity contribution in [3.8, 4) is 0 Å². The molecule has 0 unspecified atom stereocenters. The Hall–Kier alpha value is -1.65. The van der Waals surface area contributed by atoms with Crippen molar-refractivity contribution in [3.63, 3.8) is 0 Å². The van der Waals surface area contributed by atoms with E-state index in [0.717, 1.165) is 26.2 Å². The zero-order valence-electron chi connectivity index (χ0n) is 11.6. The summed E-state index contributed by atoms with van der Waals surface area (Å²) in [5.74, 6) is -0.312. The molecular weight excluding hydrogens is 240 g/mol. The summed E-state index contributed by atoms with van der Waals surface area (Å²) in [4.78, 5) is 13.3. The van der Waals surface area contributed by atoms with Crippen molar-refractivity contribution < 1.29 is 9.53 Å². The van der Waals surface area contributed by atoms with Gasteiger partial charge in [-0.2, -0.15) is 0 Å². The van der Waals surface area contributed by atoms with Crippen LogP contribution < -0.4 is 5.32 Å². The molecule has 4 nitrogen and oxygen atoms in total. The summed E-state index contributed by atoms with van der Waals surface area (Å²) in [6, 6.07) is 10.3. The van der Waals surface area contributed by atoms with Crippen molar-refractivity contribution in [1.82, 2.24) is 10.2 Å². The van der Waals surface area contributed by atoms with Crippen molar-refractivity contribution in [3.05, 3.63) is 48.0 Å². The molecule has 0 aromatic heterocycles. The standard InChI is InChI=1S/C15H22N2O2/c1-16-10-12-17(11-6-9-15(18)19-2)13-14-7-4-3-5-8-14/h3-9,16H,10-13H2,1-2H3. The predicted octanol–water partition coefficient (Wildman–Crippen LogP) is 1.44. The second-order valence-electron chi connectivity index (χ2n) is 4.25. The lowest BCUT2D eigenvalue weighted by Crippen LogP contribution is -2.30. The van der Waals surface area contributed by atoms with E-state index in [-0.39, 0.29) is 5.97 Å². The fraction of sp³-hybridized carbons (Fsp3) is 0.400. The number of likely N-dealkylation sites (N-methyl/N-ethyl adjacent to an activating group) is 1. The number of carbonyl (C=O) groups is 1. The number of esters is 1. The average Bonchev–Trinajstić information content (AvgIpc) is 2.45. The Morgan fingerprint density at radius 3 is 2.74 bits per heavy atom. The summed E-state index contributed by atoms with van der Waals surface area (Å²) in [7, 11) is 3.32. The predicted molar refractivity (Wildman–Crippen MR) is 76.8 cm³/mol. The molecule has 0 aliphatic heterocycles. The third-order valence-electron chi connectivity index (χ3n) is 2.75. The van der Waals surface area contributed by atoms with Gasteiger partial charge in [-0.15, -0.1) is 0 Å². The van der Waals surface area contributed by atoms with Crippen molar-refractivity contribution in [2.75, 3.05) is 33.8 Å². The fourth-order valence-electron chi connectivity index (χ4n) is 1.71. The number of rotatable bonds is 8. The Balaban J connectivity index is 2.51. The van der Waals surface area contributed by atoms with Crippen LogP contribution in [0.1, 0.15) is 5.56 Å². The Labute approximate surface area is 115 Å². The van der Waals surface area contributed by atoms with Gasteiger partial charge in [-0.3, -0.25) is 4.90 Å². The largest absolute Gasteiger partial charge is 0.466 e. The van der Waals surface area contributed by atoms with E-state index in [9.17, 15) is 4.79 Å². The van der Waals surface area contributed by atoms with Crippen molar-refractivity contribution in [2.45, 2.75) is 6.54 Å². The van der Waals surface area contributed by atoms with E-state index in [1.165, 1.54) is 18.7 Å². The van der Waals surface area contributed by atoms with E-state index in [0.29, 0.717) is 0 Å². The highest BCUT2D eigenvalue weighted by atomic mass is 16.5. The maximum Gasteiger partial charge on any atom is 0.330 e. The van der Waals surface area contributed by atoms with Gasteiger partial charge in [-0.25, -0.2) is 4.79 Å². The first-order valence-electron chi connectivity index (χ1n) is 6.41. The third kappa shape index (κ3) is 6.74. The van der Waals surface area contributed by atoms with Crippen molar-refractivity contribution in [1.29, 1.82) is 0 Å². The lowest BCUT2D eigenvalue weighted by Gasteiger charge is -2.20. The maximum absolute atomic E-state index is 11.0. The molecule has 1 N–H and O–H groups in total. The van der Waals surface area contributed by atoms with E-state index in [2.05, 4.69) is 27.1 Å². The Bertz CT molecular complexity index is 390. The average molecular weight is 262 g/mol. The lowest BCUT2D eigenvalue weighted by atomic mass is 10.2. The minimum Gasteiger partial charge on any atom is -0.466 e. The van der Waals surface area contributed by atoms with Gasteiger partial charge in [0.2, 0.25) is 0 Å². The van der Waals surface area contributed by atoms with Crippen LogP contribution in [0.5, 0.6) is 0 Å². The highest BCUT2D eigenvalue weighted by Gasteiger charge is 2.03. The van der Waals surface area contributed by atoms with Gasteiger partial charge in [0.1, 0.15) is 0 Å². The second-order valence-corrected chi connectivity index (χ2v) is 4.25. The second kappa shape index (κ2) is 9.30. The van der Waals surface area contributed by atoms with Gasteiger partial charge in [-0.1, -0.05) is 36.4 Å². The van der Waals surface area contributed by atoms with Crippen LogP contribution in [0.3, 0.4) is 0 Å². The summed E-state index contributed by atoms with van der Waals surface area (Å²) in [6.07, 6.45) is 3.31. The number of nitrogens with zero attached hydrogens (tertiary/aromatic N) is 1. The van der Waals surface area contributed by atoms with Crippen LogP contribution in [0.25, 0.3) is 0 Å². The number of carbonyl (C=O) groups excluding carboxylic acids is 1. The van der Waals surface area contributed by atoms with Crippen molar-refractivity contribution >= 4 is 5.97 Å². The topological polar surface area (TPSA) is 41.6 Å². The van der Waals surface area contributed by atoms with Crippen LogP contribution in [-0.4, -0.2) is 44.7 Å². The first-order chi connectivity index (χ1) is 9.26. The molecule has 19 heavy (non-hydrogen) atoms. The number of methoxy groups -OCH3 is 1. The number of hydrogen-bond donors (Lipinski definition) is 1. The molecule has 0 aliphatic carbocycles. The summed E-state index contributed by atoms with van der Waals surface area (Å²) in [6.45, 7) is 3.44. The Kier molecular flexibility index (Phi) is 7.54. The van der Waals surface area contributed by atoms with Crippen LogP contribution in [0.2, 0.25) is 0 Å². The number of benzene rings is 1. The summed E-state index contributed by atoms with van der Waals surface area (Å²) in [5.41, 5.74) is 1.27. The minimum atomic E-state index is -0.312. The number of ether oxygens (including phenoxy) is 1. The normalized spacial score (nSPS) is 11.1. The molecule has 0 saturated heterocycles. The van der Waals surface area contributed by atoms with Gasteiger partial charge < -0.3 is 10.1 Å². The highest BCUT2D eigenvalue weighted by Crippen LogP contribution is 2.04. The van der Waals surface area contributed by atoms with Crippen LogP contribution in [0.4, 0.5) is 0 Å². The van der Waals surface area contributed by atoms with E-state index in [4.69, 9.17) is 0 Å². The Morgan fingerprint density at radius 1 is 1.37 bits per heavy atom.